The Labute approximate surface area is 183 Å². The lowest BCUT2D eigenvalue weighted by Crippen LogP contribution is -2.41. The molecule has 1 aliphatic rings. The molecule has 2 aromatic carbocycles. The number of ether oxygens (including phenoxy) is 1. The lowest BCUT2D eigenvalue weighted by atomic mass is 10.0. The molecule has 0 aromatic heterocycles. The number of amides is 2. The number of esters is 1. The number of carbonyl (C=O) groups is 3. The maximum Gasteiger partial charge on any atom is 0.310 e. The Hall–Kier alpha value is -3.15. The summed E-state index contributed by atoms with van der Waals surface area (Å²) in [7, 11) is 1.35. The fourth-order valence-electron chi connectivity index (χ4n) is 3.91. The van der Waals surface area contributed by atoms with Gasteiger partial charge in [-0.15, -0.1) is 0 Å². The first-order chi connectivity index (χ1) is 14.9. The van der Waals surface area contributed by atoms with Gasteiger partial charge in [0.25, 0.3) is 0 Å². The molecule has 2 aromatic rings. The molecule has 1 aliphatic heterocycles. The van der Waals surface area contributed by atoms with E-state index < -0.39 is 11.8 Å². The lowest BCUT2D eigenvalue weighted by Gasteiger charge is -2.28. The fourth-order valence-corrected chi connectivity index (χ4v) is 3.91. The number of carbonyl (C=O) groups excluding carboxylic acids is 3. The summed E-state index contributed by atoms with van der Waals surface area (Å²) >= 11 is 0. The van der Waals surface area contributed by atoms with Crippen LogP contribution >= 0.6 is 0 Å². The summed E-state index contributed by atoms with van der Waals surface area (Å²) in [5.74, 6) is -1.32. The summed E-state index contributed by atoms with van der Waals surface area (Å²) < 4.78 is 4.84. The first-order valence-corrected chi connectivity index (χ1v) is 10.6. The minimum Gasteiger partial charge on any atom is -0.469 e. The number of rotatable bonds is 8. The first-order valence-electron chi connectivity index (χ1n) is 10.6. The number of aryl methyl sites for hydroxylation is 1. The van der Waals surface area contributed by atoms with Crippen molar-refractivity contribution in [1.82, 2.24) is 9.80 Å². The fraction of sp³-hybridized carbons (Fsp3) is 0.400. The zero-order chi connectivity index (χ0) is 22.4. The van der Waals surface area contributed by atoms with Gasteiger partial charge in [-0.25, -0.2) is 0 Å². The van der Waals surface area contributed by atoms with Crippen LogP contribution in [0, 0.1) is 18.8 Å². The van der Waals surface area contributed by atoms with Crippen LogP contribution in [0.2, 0.25) is 0 Å². The largest absolute Gasteiger partial charge is 0.469 e. The van der Waals surface area contributed by atoms with Crippen molar-refractivity contribution in [2.45, 2.75) is 33.4 Å². The highest BCUT2D eigenvalue weighted by Crippen LogP contribution is 2.24. The van der Waals surface area contributed by atoms with Crippen LogP contribution in [0.1, 0.15) is 30.0 Å². The van der Waals surface area contributed by atoms with Crippen molar-refractivity contribution in [1.29, 1.82) is 0 Å². The third kappa shape index (κ3) is 5.94. The predicted molar refractivity (Wildman–Crippen MR) is 118 cm³/mol. The summed E-state index contributed by atoms with van der Waals surface area (Å²) in [6.45, 7) is 5.31. The van der Waals surface area contributed by atoms with Crippen LogP contribution in [0.5, 0.6) is 0 Å². The maximum atomic E-state index is 13.4. The van der Waals surface area contributed by atoms with Gasteiger partial charge in [0, 0.05) is 32.6 Å². The van der Waals surface area contributed by atoms with Crippen LogP contribution in [0.4, 0.5) is 0 Å². The molecule has 0 bridgehead atoms. The van der Waals surface area contributed by atoms with E-state index in [4.69, 9.17) is 4.74 Å². The molecule has 1 fully saturated rings. The van der Waals surface area contributed by atoms with Gasteiger partial charge in [-0.2, -0.15) is 0 Å². The summed E-state index contributed by atoms with van der Waals surface area (Å²) in [6.07, 6.45) is 0.197. The van der Waals surface area contributed by atoms with E-state index in [9.17, 15) is 14.4 Å². The monoisotopic (exact) mass is 422 g/mol. The normalized spacial score (nSPS) is 16.8. The van der Waals surface area contributed by atoms with Crippen molar-refractivity contribution in [3.63, 3.8) is 0 Å². The third-order valence-corrected chi connectivity index (χ3v) is 5.68. The number of methoxy groups -OCH3 is 1. The molecule has 1 heterocycles. The van der Waals surface area contributed by atoms with Gasteiger partial charge in [0.1, 0.15) is 0 Å². The SMILES string of the molecule is COC(=O)C(C)CN(Cc1ccccc1)C(=O)C1CC(=O)N(Cc2ccc(C)cc2)C1. The van der Waals surface area contributed by atoms with E-state index in [0.29, 0.717) is 19.6 Å². The highest BCUT2D eigenvalue weighted by Gasteiger charge is 2.37. The Morgan fingerprint density at radius 2 is 1.77 bits per heavy atom. The van der Waals surface area contributed by atoms with E-state index in [1.165, 1.54) is 12.7 Å². The van der Waals surface area contributed by atoms with Crippen LogP contribution in [0.3, 0.4) is 0 Å². The minimum absolute atomic E-state index is 0.0143. The standard InChI is InChI=1S/C25H30N2O4/c1-18-9-11-21(12-10-18)15-26-17-22(13-23(26)28)24(29)27(14-19(2)25(30)31-3)16-20-7-5-4-6-8-20/h4-12,19,22H,13-17H2,1-3H3. The summed E-state index contributed by atoms with van der Waals surface area (Å²) in [5.41, 5.74) is 3.20. The zero-order valence-electron chi connectivity index (χ0n) is 18.4. The second kappa shape index (κ2) is 10.2. The second-order valence-electron chi connectivity index (χ2n) is 8.29. The predicted octanol–water partition coefficient (Wildman–Crippen LogP) is 3.18. The minimum atomic E-state index is -0.446. The molecule has 3 rings (SSSR count). The van der Waals surface area contributed by atoms with Crippen molar-refractivity contribution in [3.05, 3.63) is 71.3 Å². The first kappa shape index (κ1) is 22.5. The van der Waals surface area contributed by atoms with Crippen molar-refractivity contribution in [2.24, 2.45) is 11.8 Å². The molecule has 2 amide bonds. The van der Waals surface area contributed by atoms with Gasteiger partial charge in [0.05, 0.1) is 18.9 Å². The van der Waals surface area contributed by atoms with Gasteiger partial charge in [-0.1, -0.05) is 67.1 Å². The summed E-state index contributed by atoms with van der Waals surface area (Å²) in [5, 5.41) is 0. The summed E-state index contributed by atoms with van der Waals surface area (Å²) in [4.78, 5) is 41.4. The Morgan fingerprint density at radius 3 is 2.42 bits per heavy atom. The van der Waals surface area contributed by atoms with E-state index in [1.54, 1.807) is 16.7 Å². The Kier molecular flexibility index (Phi) is 7.45. The van der Waals surface area contributed by atoms with Crippen molar-refractivity contribution >= 4 is 17.8 Å². The summed E-state index contributed by atoms with van der Waals surface area (Å²) in [6, 6.07) is 17.7. The Morgan fingerprint density at radius 1 is 1.10 bits per heavy atom. The Bertz CT molecular complexity index is 911. The third-order valence-electron chi connectivity index (χ3n) is 5.68. The van der Waals surface area contributed by atoms with Gasteiger partial charge < -0.3 is 14.5 Å². The van der Waals surface area contributed by atoms with Crippen LogP contribution in [0.15, 0.2) is 54.6 Å². The topological polar surface area (TPSA) is 66.9 Å². The molecular weight excluding hydrogens is 392 g/mol. The highest BCUT2D eigenvalue weighted by molar-refractivity contribution is 5.89. The average Bonchev–Trinajstić information content (AvgIpc) is 3.14. The van der Waals surface area contributed by atoms with Crippen molar-refractivity contribution in [2.75, 3.05) is 20.2 Å². The Balaban J connectivity index is 1.71. The van der Waals surface area contributed by atoms with Crippen LogP contribution < -0.4 is 0 Å². The smallest absolute Gasteiger partial charge is 0.310 e. The van der Waals surface area contributed by atoms with Crippen LogP contribution in [-0.4, -0.2) is 47.8 Å². The average molecular weight is 423 g/mol. The van der Waals surface area contributed by atoms with Crippen molar-refractivity contribution < 1.29 is 19.1 Å². The molecule has 1 saturated heterocycles. The van der Waals surface area contributed by atoms with Gasteiger partial charge in [-0.05, 0) is 18.1 Å². The number of hydrogen-bond acceptors (Lipinski definition) is 4. The number of hydrogen-bond donors (Lipinski definition) is 0. The molecule has 6 nitrogen and oxygen atoms in total. The maximum absolute atomic E-state index is 13.4. The van der Waals surface area contributed by atoms with E-state index in [0.717, 1.165) is 11.1 Å². The quantitative estimate of drug-likeness (QED) is 0.613. The molecule has 0 radical (unpaired) electrons. The highest BCUT2D eigenvalue weighted by atomic mass is 16.5. The lowest BCUT2D eigenvalue weighted by molar-refractivity contribution is -0.147. The van der Waals surface area contributed by atoms with Crippen molar-refractivity contribution in [3.8, 4) is 0 Å². The van der Waals surface area contributed by atoms with Gasteiger partial charge in [0.15, 0.2) is 0 Å². The molecule has 0 saturated carbocycles. The molecule has 0 spiro atoms. The zero-order valence-corrected chi connectivity index (χ0v) is 18.4. The second-order valence-corrected chi connectivity index (χ2v) is 8.29. The molecule has 2 unspecified atom stereocenters. The van der Waals surface area contributed by atoms with E-state index in [2.05, 4.69) is 0 Å². The van der Waals surface area contributed by atoms with Gasteiger partial charge >= 0.3 is 5.97 Å². The van der Waals surface area contributed by atoms with Gasteiger partial charge in [0.2, 0.25) is 11.8 Å². The number of nitrogens with zero attached hydrogens (tertiary/aromatic N) is 2. The van der Waals surface area contributed by atoms with E-state index in [-0.39, 0.29) is 30.7 Å². The van der Waals surface area contributed by atoms with E-state index >= 15 is 0 Å². The molecule has 0 N–H and O–H groups in total. The molecule has 0 aliphatic carbocycles. The number of benzene rings is 2. The molecule has 2 atom stereocenters. The van der Waals surface area contributed by atoms with Crippen LogP contribution in [0.25, 0.3) is 0 Å². The van der Waals surface area contributed by atoms with E-state index in [1.807, 2.05) is 61.5 Å². The van der Waals surface area contributed by atoms with Crippen LogP contribution in [-0.2, 0) is 32.2 Å². The molecule has 6 heteroatoms. The van der Waals surface area contributed by atoms with Gasteiger partial charge in [-0.3, -0.25) is 14.4 Å². The molecule has 164 valence electrons. The number of likely N-dealkylation sites (tertiary alicyclic amines) is 1. The molecule has 31 heavy (non-hydrogen) atoms. The molecular formula is C25H30N2O4.